The molecule has 132 valence electrons. The third-order valence-corrected chi connectivity index (χ3v) is 8.37. The molecule has 1 fully saturated rings. The molecule has 0 amide bonds. The second-order valence-electron chi connectivity index (χ2n) is 8.92. The number of ketones is 2. The van der Waals surface area contributed by atoms with Crippen molar-refractivity contribution in [2.75, 3.05) is 0 Å². The van der Waals surface area contributed by atoms with Gasteiger partial charge in [-0.25, -0.2) is 0 Å². The Morgan fingerprint density at radius 1 is 1.04 bits per heavy atom. The molecule has 3 rings (SSSR count). The number of hydrogen-bond donors (Lipinski definition) is 0. The Morgan fingerprint density at radius 3 is 2.00 bits per heavy atom. The van der Waals surface area contributed by atoms with E-state index < -0.39 is 37.9 Å². The van der Waals surface area contributed by atoms with E-state index in [1.165, 1.54) is 0 Å². The molecule has 2 bridgehead atoms. The monoisotopic (exact) mass is 388 g/mol. The third kappa shape index (κ3) is 2.12. The maximum Gasteiger partial charge on any atom is 0.181 e. The zero-order chi connectivity index (χ0) is 18.4. The molecule has 1 saturated heterocycles. The van der Waals surface area contributed by atoms with E-state index in [0.29, 0.717) is 0 Å². The summed E-state index contributed by atoms with van der Waals surface area (Å²) in [5, 5.41) is -1.28. The average Bonchev–Trinajstić information content (AvgIpc) is 2.82. The highest BCUT2D eigenvalue weighted by molar-refractivity contribution is 7.87. The molecule has 0 saturated carbocycles. The lowest BCUT2D eigenvalue weighted by molar-refractivity contribution is -0.127. The molecule has 0 radical (unpaired) electrons. The number of halogens is 2. The molecule has 2 aliphatic heterocycles. The Morgan fingerprint density at radius 2 is 1.54 bits per heavy atom. The number of carbonyl (C=O) groups excluding carboxylic acids is 2. The second kappa shape index (κ2) is 5.05. The fourth-order valence-corrected chi connectivity index (χ4v) is 8.29. The number of Topliss-reactive ketones (excluding diaryl/α,β-unsaturated/α-hetero) is 1. The number of carbonyl (C=O) groups is 2. The highest BCUT2D eigenvalue weighted by Gasteiger charge is 2.73. The van der Waals surface area contributed by atoms with E-state index in [0.717, 1.165) is 17.2 Å². The van der Waals surface area contributed by atoms with Gasteiger partial charge < -0.3 is 0 Å². The van der Waals surface area contributed by atoms with Gasteiger partial charge in [-0.15, -0.1) is 11.6 Å². The molecule has 2 heterocycles. The van der Waals surface area contributed by atoms with Gasteiger partial charge in [0.2, 0.25) is 0 Å². The number of hydrogen-bond acceptors (Lipinski definition) is 3. The minimum atomic E-state index is -1.47. The molecule has 0 spiro atoms. The van der Waals surface area contributed by atoms with Crippen LogP contribution < -0.4 is 0 Å². The van der Waals surface area contributed by atoms with Gasteiger partial charge >= 0.3 is 0 Å². The Bertz CT molecular complexity index is 751. The Labute approximate surface area is 155 Å². The van der Waals surface area contributed by atoms with Crippen LogP contribution in [0.4, 0.5) is 0 Å². The van der Waals surface area contributed by atoms with Crippen LogP contribution in [0.2, 0.25) is 0 Å². The number of fused-ring (bicyclic) bond motifs is 5. The highest BCUT2D eigenvalue weighted by Crippen LogP contribution is 2.63. The van der Waals surface area contributed by atoms with Crippen LogP contribution in [-0.4, -0.2) is 31.1 Å². The van der Waals surface area contributed by atoms with Gasteiger partial charge in [-0.2, -0.15) is 0 Å². The second-order valence-corrected chi connectivity index (χ2v) is 11.6. The summed E-state index contributed by atoms with van der Waals surface area (Å²) in [5.41, 5.74) is 1.41. The zero-order valence-electron chi connectivity index (χ0n) is 14.7. The largest absolute Gasteiger partial charge is 0.293 e. The molecule has 3 nitrogen and oxygen atoms in total. The quantitative estimate of drug-likeness (QED) is 0.468. The first-order valence-corrected chi connectivity index (χ1v) is 10.1. The van der Waals surface area contributed by atoms with Crippen molar-refractivity contribution in [3.05, 3.63) is 22.3 Å². The van der Waals surface area contributed by atoms with Crippen molar-refractivity contribution >= 4 is 45.6 Å². The van der Waals surface area contributed by atoms with Gasteiger partial charge in [0.25, 0.3) is 0 Å². The van der Waals surface area contributed by atoms with Crippen molar-refractivity contribution in [3.8, 4) is 0 Å². The van der Waals surface area contributed by atoms with Gasteiger partial charge in [0.15, 0.2) is 11.6 Å². The molecule has 0 N–H and O–H groups in total. The smallest absolute Gasteiger partial charge is 0.181 e. The molecule has 0 aromatic heterocycles. The number of alkyl halides is 1. The van der Waals surface area contributed by atoms with Crippen LogP contribution >= 0.6 is 23.2 Å². The maximum atomic E-state index is 13.3. The van der Waals surface area contributed by atoms with Crippen LogP contribution in [0, 0.1) is 16.7 Å². The highest BCUT2D eigenvalue weighted by atomic mass is 35.5. The molecule has 0 aromatic rings. The van der Waals surface area contributed by atoms with Crippen molar-refractivity contribution in [2.24, 2.45) is 16.7 Å². The summed E-state index contributed by atoms with van der Waals surface area (Å²) < 4.78 is 13.3. The first-order valence-electron chi connectivity index (χ1n) is 8.03. The summed E-state index contributed by atoms with van der Waals surface area (Å²) in [7, 11) is -1.41. The van der Waals surface area contributed by atoms with Crippen molar-refractivity contribution < 1.29 is 13.8 Å². The first-order chi connectivity index (χ1) is 10.7. The number of allylic oxidation sites excluding steroid dienone is 2. The fraction of sp³-hybridized carbons (Fsp3) is 0.667. The summed E-state index contributed by atoms with van der Waals surface area (Å²) in [6.07, 6.45) is 1.11. The van der Waals surface area contributed by atoms with Crippen LogP contribution in [0.5, 0.6) is 0 Å². The molecule has 1 aliphatic carbocycles. The van der Waals surface area contributed by atoms with Crippen molar-refractivity contribution in [1.29, 1.82) is 0 Å². The van der Waals surface area contributed by atoms with E-state index in [2.05, 4.69) is 20.8 Å². The minimum Gasteiger partial charge on any atom is -0.293 e. The van der Waals surface area contributed by atoms with E-state index in [1.54, 1.807) is 0 Å². The van der Waals surface area contributed by atoms with Crippen LogP contribution in [0.25, 0.3) is 0 Å². The summed E-state index contributed by atoms with van der Waals surface area (Å²) in [4.78, 5) is 24.0. The normalized spacial score (nSPS) is 39.4. The lowest BCUT2D eigenvalue weighted by Gasteiger charge is -2.44. The summed E-state index contributed by atoms with van der Waals surface area (Å²) in [6, 6.07) is 0. The molecule has 5 atom stereocenters. The van der Waals surface area contributed by atoms with E-state index >= 15 is 0 Å². The molecule has 6 heteroatoms. The van der Waals surface area contributed by atoms with Gasteiger partial charge in [0.05, 0.1) is 21.5 Å². The van der Waals surface area contributed by atoms with E-state index in [1.807, 2.05) is 20.8 Å². The standard InChI is InChI=1S/C18H22Cl2O3S/c1-16(2,3)10-11(17(4,5)6)15-18(20)9(21)7-8(19)13(22)12(18)14(10)24(15)23/h7,12,14-15H,1-6H3. The molecule has 3 aliphatic rings. The van der Waals surface area contributed by atoms with Crippen molar-refractivity contribution in [3.63, 3.8) is 0 Å². The minimum absolute atomic E-state index is 0.101. The average molecular weight is 389 g/mol. The van der Waals surface area contributed by atoms with Gasteiger partial charge in [0, 0.05) is 16.9 Å². The predicted octanol–water partition coefficient (Wildman–Crippen LogP) is 3.76. The van der Waals surface area contributed by atoms with Gasteiger partial charge in [-0.05, 0) is 22.0 Å². The SMILES string of the molecule is CC(C)(C)C1=C(C(C)(C)C)C2S(=O)C1C1C(=O)C(Cl)=CC(=O)C12Cl. The zero-order valence-corrected chi connectivity index (χ0v) is 17.0. The topological polar surface area (TPSA) is 51.2 Å². The van der Waals surface area contributed by atoms with Crippen LogP contribution in [-0.2, 0) is 20.4 Å². The van der Waals surface area contributed by atoms with E-state index in [4.69, 9.17) is 23.2 Å². The lowest BCUT2D eigenvalue weighted by Crippen LogP contribution is -2.56. The van der Waals surface area contributed by atoms with Crippen molar-refractivity contribution in [2.45, 2.75) is 56.9 Å². The Balaban J connectivity index is 2.35. The van der Waals surface area contributed by atoms with Crippen LogP contribution in [0.1, 0.15) is 41.5 Å². The number of rotatable bonds is 0. The Kier molecular flexibility index (Phi) is 3.86. The van der Waals surface area contributed by atoms with Crippen LogP contribution in [0.3, 0.4) is 0 Å². The van der Waals surface area contributed by atoms with Crippen LogP contribution in [0.15, 0.2) is 22.3 Å². The van der Waals surface area contributed by atoms with E-state index in [9.17, 15) is 13.8 Å². The fourth-order valence-electron chi connectivity index (χ4n) is 4.42. The van der Waals surface area contributed by atoms with E-state index in [-0.39, 0.29) is 21.6 Å². The molecule has 5 unspecified atom stereocenters. The first kappa shape index (κ1) is 18.3. The summed E-state index contributed by atoms with van der Waals surface area (Å²) >= 11 is 12.8. The molecule has 24 heavy (non-hydrogen) atoms. The molecule has 0 aromatic carbocycles. The molecular formula is C18H22Cl2O3S. The Hall–Kier alpha value is -0.450. The summed E-state index contributed by atoms with van der Waals surface area (Å²) in [5.74, 6) is -1.59. The lowest BCUT2D eigenvalue weighted by atomic mass is 9.60. The van der Waals surface area contributed by atoms with Gasteiger partial charge in [-0.3, -0.25) is 13.8 Å². The predicted molar refractivity (Wildman–Crippen MR) is 97.7 cm³/mol. The summed E-state index contributed by atoms with van der Waals surface area (Å²) in [6.45, 7) is 12.3. The third-order valence-electron chi connectivity index (χ3n) is 5.23. The van der Waals surface area contributed by atoms with Gasteiger partial charge in [0.1, 0.15) is 4.87 Å². The maximum absolute atomic E-state index is 13.3. The molecular weight excluding hydrogens is 367 g/mol. The van der Waals surface area contributed by atoms with Gasteiger partial charge in [-0.1, -0.05) is 53.1 Å². The van der Waals surface area contributed by atoms with Crippen molar-refractivity contribution in [1.82, 2.24) is 0 Å².